The molecule has 11 nitrogen and oxygen atoms in total. The largest absolute Gasteiger partial charge is 0.462 e. The third kappa shape index (κ3) is 6.16. The number of hydrogen-bond donors (Lipinski definition) is 1. The maximum atomic E-state index is 13.1. The lowest BCUT2D eigenvalue weighted by Gasteiger charge is -2.38. The van der Waals surface area contributed by atoms with Gasteiger partial charge in [-0.2, -0.15) is 0 Å². The number of aliphatic hydroxyl groups excluding tert-OH is 1. The molecule has 1 N–H and O–H groups in total. The topological polar surface area (TPSA) is 156 Å². The quantitative estimate of drug-likeness (QED) is 0.335. The number of esters is 4. The van der Waals surface area contributed by atoms with Gasteiger partial charge < -0.3 is 28.5 Å². The molecule has 3 rings (SSSR count). The van der Waals surface area contributed by atoms with Crippen molar-refractivity contribution in [2.45, 2.75) is 65.0 Å². The second kappa shape index (κ2) is 11.2. The molecule has 0 fully saturated rings. The molecule has 0 saturated carbocycles. The van der Waals surface area contributed by atoms with Crippen molar-refractivity contribution < 1.29 is 47.6 Å². The van der Waals surface area contributed by atoms with Crippen LogP contribution >= 0.6 is 0 Å². The molecule has 0 amide bonds. The molecule has 36 heavy (non-hydrogen) atoms. The Balaban J connectivity index is 2.02. The number of para-hydroxylation sites is 1. The fourth-order valence-corrected chi connectivity index (χ4v) is 4.03. The Morgan fingerprint density at radius 2 is 1.47 bits per heavy atom. The van der Waals surface area contributed by atoms with E-state index in [0.29, 0.717) is 17.7 Å². The Kier molecular flexibility index (Phi) is 8.25. The molecular formula is C25H26O11. The minimum absolute atomic E-state index is 0.171. The molecule has 1 aliphatic carbocycles. The second-order valence-electron chi connectivity index (χ2n) is 8.18. The van der Waals surface area contributed by atoms with Gasteiger partial charge in [-0.15, -0.1) is 0 Å². The molecule has 1 aliphatic rings. The molecule has 0 bridgehead atoms. The first-order valence-corrected chi connectivity index (χ1v) is 11.1. The summed E-state index contributed by atoms with van der Waals surface area (Å²) in [5, 5.41) is 11.0. The van der Waals surface area contributed by atoms with Crippen LogP contribution in [-0.4, -0.2) is 41.2 Å². The van der Waals surface area contributed by atoms with E-state index in [-0.39, 0.29) is 23.5 Å². The molecule has 0 spiro atoms. The number of ether oxygens (including phenoxy) is 4. The van der Waals surface area contributed by atoms with Crippen molar-refractivity contribution in [2.24, 2.45) is 0 Å². The Morgan fingerprint density at radius 3 is 2.08 bits per heavy atom. The van der Waals surface area contributed by atoms with Crippen LogP contribution in [-0.2, 0) is 46.2 Å². The van der Waals surface area contributed by atoms with Gasteiger partial charge in [0.25, 0.3) is 0 Å². The van der Waals surface area contributed by atoms with Crippen LogP contribution in [0.4, 0.5) is 0 Å². The molecule has 1 aromatic carbocycles. The third-order valence-electron chi connectivity index (χ3n) is 5.31. The lowest BCUT2D eigenvalue weighted by Crippen LogP contribution is -2.49. The molecule has 1 aromatic heterocycles. The molecule has 0 saturated heterocycles. The first-order valence-electron chi connectivity index (χ1n) is 11.1. The molecule has 192 valence electrons. The summed E-state index contributed by atoms with van der Waals surface area (Å²) < 4.78 is 26.7. The smallest absolute Gasteiger partial charge is 0.308 e. The average molecular weight is 502 g/mol. The Morgan fingerprint density at radius 1 is 0.861 bits per heavy atom. The summed E-state index contributed by atoms with van der Waals surface area (Å²) in [4.78, 5) is 59.8. The van der Waals surface area contributed by atoms with Crippen LogP contribution in [0.3, 0.4) is 0 Å². The monoisotopic (exact) mass is 502 g/mol. The number of carbonyl (C=O) groups excluding carboxylic acids is 4. The Labute approximate surface area is 205 Å². The zero-order valence-corrected chi connectivity index (χ0v) is 20.1. The molecule has 1 heterocycles. The van der Waals surface area contributed by atoms with E-state index in [1.807, 2.05) is 0 Å². The summed E-state index contributed by atoms with van der Waals surface area (Å²) in [5.41, 5.74) is -0.182. The van der Waals surface area contributed by atoms with Crippen molar-refractivity contribution >= 4 is 23.9 Å². The van der Waals surface area contributed by atoms with Gasteiger partial charge in [0, 0.05) is 40.2 Å². The second-order valence-corrected chi connectivity index (χ2v) is 8.18. The van der Waals surface area contributed by atoms with Crippen LogP contribution in [0.15, 0.2) is 39.5 Å². The zero-order chi connectivity index (χ0) is 26.6. The molecule has 2 aromatic rings. The summed E-state index contributed by atoms with van der Waals surface area (Å²) in [7, 11) is 0. The van der Waals surface area contributed by atoms with E-state index in [9.17, 15) is 29.1 Å². The summed E-state index contributed by atoms with van der Waals surface area (Å²) in [6.45, 7) is 4.54. The molecule has 11 heteroatoms. The SMILES string of the molecule is CC(=O)Oc1ccccc1CCc1cc(=O)c2c(o1)[C@@H](O)[C@@H](OC(C)=O)[C@H](OC(C)=O)[C@H]2OC(C)=O. The predicted octanol–water partition coefficient (Wildman–Crippen LogP) is 1.86. The van der Waals surface area contributed by atoms with Gasteiger partial charge in [0.15, 0.2) is 29.8 Å². The van der Waals surface area contributed by atoms with Gasteiger partial charge >= 0.3 is 23.9 Å². The first kappa shape index (κ1) is 26.6. The van der Waals surface area contributed by atoms with Crippen LogP contribution in [0.5, 0.6) is 5.75 Å². The summed E-state index contributed by atoms with van der Waals surface area (Å²) >= 11 is 0. The minimum Gasteiger partial charge on any atom is -0.462 e. The number of carbonyl (C=O) groups is 4. The van der Waals surface area contributed by atoms with E-state index in [1.54, 1.807) is 24.3 Å². The fourth-order valence-electron chi connectivity index (χ4n) is 4.03. The van der Waals surface area contributed by atoms with E-state index >= 15 is 0 Å². The van der Waals surface area contributed by atoms with Crippen LogP contribution in [0.2, 0.25) is 0 Å². The third-order valence-corrected chi connectivity index (χ3v) is 5.31. The number of aliphatic hydroxyl groups is 1. The van der Waals surface area contributed by atoms with E-state index in [1.165, 1.54) is 13.0 Å². The first-order chi connectivity index (χ1) is 17.0. The Bertz CT molecular complexity index is 1230. The fraction of sp³-hybridized carbons (Fsp3) is 0.400. The zero-order valence-electron chi connectivity index (χ0n) is 20.1. The summed E-state index contributed by atoms with van der Waals surface area (Å²) in [5.74, 6) is -2.64. The highest BCUT2D eigenvalue weighted by Crippen LogP contribution is 2.41. The van der Waals surface area contributed by atoms with Gasteiger partial charge in [-0.25, -0.2) is 0 Å². The highest BCUT2D eigenvalue weighted by molar-refractivity contribution is 5.70. The van der Waals surface area contributed by atoms with Crippen molar-refractivity contribution in [3.63, 3.8) is 0 Å². The molecule has 0 unspecified atom stereocenters. The summed E-state index contributed by atoms with van der Waals surface area (Å²) in [6.07, 6.45) is -5.67. The average Bonchev–Trinajstić information content (AvgIpc) is 2.77. The van der Waals surface area contributed by atoms with E-state index in [4.69, 9.17) is 23.4 Å². The lowest BCUT2D eigenvalue weighted by molar-refractivity contribution is -0.200. The van der Waals surface area contributed by atoms with Gasteiger partial charge in [0.2, 0.25) is 0 Å². The number of fused-ring (bicyclic) bond motifs is 1. The van der Waals surface area contributed by atoms with Crippen molar-refractivity contribution in [3.05, 3.63) is 63.2 Å². The van der Waals surface area contributed by atoms with Gasteiger partial charge in [-0.3, -0.25) is 24.0 Å². The van der Waals surface area contributed by atoms with Crippen molar-refractivity contribution in [1.29, 1.82) is 0 Å². The molecule has 0 aliphatic heterocycles. The van der Waals surface area contributed by atoms with Crippen LogP contribution in [0, 0.1) is 0 Å². The van der Waals surface area contributed by atoms with Crippen molar-refractivity contribution in [1.82, 2.24) is 0 Å². The standard InChI is InChI=1S/C25H26O11/c1-12(26)32-19-8-6-5-7-16(19)9-10-17-11-18(30)20-22(36-17)21(31)24(34-14(3)28)25(35-15(4)29)23(20)33-13(2)27/h5-8,11,21,23-25,31H,9-10H2,1-4H3/t21-,23+,24-,25-/m1/s1. The number of hydrogen-bond acceptors (Lipinski definition) is 11. The van der Waals surface area contributed by atoms with Crippen LogP contribution in [0.25, 0.3) is 0 Å². The van der Waals surface area contributed by atoms with Crippen LogP contribution in [0.1, 0.15) is 62.6 Å². The maximum absolute atomic E-state index is 13.1. The minimum atomic E-state index is -1.69. The molecular weight excluding hydrogens is 476 g/mol. The highest BCUT2D eigenvalue weighted by atomic mass is 16.6. The van der Waals surface area contributed by atoms with Crippen LogP contribution < -0.4 is 10.2 Å². The normalized spacial score (nSPS) is 20.6. The van der Waals surface area contributed by atoms with Gasteiger partial charge in [-0.05, 0) is 18.1 Å². The number of aryl methyl sites for hydroxylation is 2. The van der Waals surface area contributed by atoms with Crippen molar-refractivity contribution in [3.8, 4) is 5.75 Å². The van der Waals surface area contributed by atoms with Gasteiger partial charge in [0.1, 0.15) is 17.3 Å². The van der Waals surface area contributed by atoms with Gasteiger partial charge in [0.05, 0.1) is 5.56 Å². The van der Waals surface area contributed by atoms with Crippen molar-refractivity contribution in [2.75, 3.05) is 0 Å². The summed E-state index contributed by atoms with van der Waals surface area (Å²) in [6, 6.07) is 8.03. The van der Waals surface area contributed by atoms with E-state index < -0.39 is 53.7 Å². The number of rotatable bonds is 7. The highest BCUT2D eigenvalue weighted by Gasteiger charge is 2.51. The predicted molar refractivity (Wildman–Crippen MR) is 121 cm³/mol. The molecule has 0 radical (unpaired) electrons. The Hall–Kier alpha value is -3.99. The van der Waals surface area contributed by atoms with E-state index in [2.05, 4.69) is 0 Å². The van der Waals surface area contributed by atoms with E-state index in [0.717, 1.165) is 20.8 Å². The number of benzene rings is 1. The maximum Gasteiger partial charge on any atom is 0.308 e. The lowest BCUT2D eigenvalue weighted by atomic mass is 9.86. The molecule has 4 atom stereocenters. The van der Waals surface area contributed by atoms with Gasteiger partial charge in [-0.1, -0.05) is 18.2 Å².